The molecule has 0 atom stereocenters. The van der Waals surface area contributed by atoms with Crippen LogP contribution < -0.4 is 16.4 Å². The van der Waals surface area contributed by atoms with Gasteiger partial charge in [-0.3, -0.25) is 9.78 Å². The molecule has 0 aliphatic heterocycles. The predicted molar refractivity (Wildman–Crippen MR) is 83.4 cm³/mol. The number of aromatic nitrogens is 2. The number of carbonyl (C=O) groups excluding carboxylic acids is 1. The van der Waals surface area contributed by atoms with Crippen LogP contribution in [0, 0.1) is 0 Å². The summed E-state index contributed by atoms with van der Waals surface area (Å²) in [6.07, 6.45) is 6.59. The highest BCUT2D eigenvalue weighted by atomic mass is 32.1. The molecule has 0 radical (unpaired) electrons. The summed E-state index contributed by atoms with van der Waals surface area (Å²) in [5, 5.41) is 6.85. The predicted octanol–water partition coefficient (Wildman–Crippen LogP) is 1.67. The highest BCUT2D eigenvalue weighted by Crippen LogP contribution is 2.30. The molecular weight excluding hydrogens is 286 g/mol. The number of nitrogens with two attached hydrogens (primary N) is 1. The Kier molecular flexibility index (Phi) is 4.01. The lowest BCUT2D eigenvalue weighted by molar-refractivity contribution is 0.0959. The van der Waals surface area contributed by atoms with Crippen LogP contribution in [0.15, 0.2) is 24.5 Å². The molecule has 2 aromatic rings. The van der Waals surface area contributed by atoms with Crippen LogP contribution in [0.3, 0.4) is 0 Å². The third-order valence-corrected chi connectivity index (χ3v) is 4.19. The lowest BCUT2D eigenvalue weighted by atomic mass is 10.2. The van der Waals surface area contributed by atoms with Crippen molar-refractivity contribution in [3.63, 3.8) is 0 Å². The first-order valence-electron chi connectivity index (χ1n) is 6.92. The van der Waals surface area contributed by atoms with Crippen LogP contribution in [0.1, 0.15) is 28.1 Å². The molecule has 2 heterocycles. The zero-order valence-electron chi connectivity index (χ0n) is 11.5. The van der Waals surface area contributed by atoms with Crippen molar-refractivity contribution >= 4 is 28.2 Å². The van der Waals surface area contributed by atoms with Gasteiger partial charge in [-0.05, 0) is 30.9 Å². The highest BCUT2D eigenvalue weighted by Gasteiger charge is 2.24. The van der Waals surface area contributed by atoms with Gasteiger partial charge in [0, 0.05) is 25.0 Å². The van der Waals surface area contributed by atoms with E-state index >= 15 is 0 Å². The summed E-state index contributed by atoms with van der Waals surface area (Å²) in [4.78, 5) is 20.8. The molecule has 1 fully saturated rings. The molecule has 7 heteroatoms. The molecule has 6 nitrogen and oxygen atoms in total. The van der Waals surface area contributed by atoms with Gasteiger partial charge in [-0.15, -0.1) is 0 Å². The molecule has 1 aliphatic rings. The minimum atomic E-state index is -0.169. The summed E-state index contributed by atoms with van der Waals surface area (Å²) < 4.78 is 0. The average Bonchev–Trinajstić information content (AvgIpc) is 3.21. The largest absolute Gasteiger partial charge is 0.382 e. The molecule has 4 N–H and O–H groups in total. The second-order valence-electron chi connectivity index (χ2n) is 5.02. The van der Waals surface area contributed by atoms with E-state index in [0.717, 1.165) is 30.0 Å². The van der Waals surface area contributed by atoms with Crippen LogP contribution in [0.4, 0.5) is 10.9 Å². The van der Waals surface area contributed by atoms with Crippen molar-refractivity contribution in [2.75, 3.05) is 17.6 Å². The lowest BCUT2D eigenvalue weighted by Gasteiger charge is -2.03. The second kappa shape index (κ2) is 6.09. The van der Waals surface area contributed by atoms with Gasteiger partial charge in [0.05, 0.1) is 0 Å². The fourth-order valence-electron chi connectivity index (χ4n) is 1.91. The topological polar surface area (TPSA) is 92.9 Å². The van der Waals surface area contributed by atoms with E-state index in [9.17, 15) is 4.79 Å². The number of anilines is 2. The Balaban J connectivity index is 1.53. The number of nitrogens with one attached hydrogen (secondary N) is 2. The Hall–Kier alpha value is -2.15. The highest BCUT2D eigenvalue weighted by molar-refractivity contribution is 7.18. The van der Waals surface area contributed by atoms with Gasteiger partial charge < -0.3 is 16.4 Å². The van der Waals surface area contributed by atoms with Crippen LogP contribution in [-0.4, -0.2) is 28.5 Å². The Morgan fingerprint density at radius 2 is 2.33 bits per heavy atom. The lowest BCUT2D eigenvalue weighted by Crippen LogP contribution is -2.25. The number of hydrogen-bond acceptors (Lipinski definition) is 6. The first-order chi connectivity index (χ1) is 10.2. The van der Waals surface area contributed by atoms with E-state index in [1.54, 1.807) is 12.4 Å². The van der Waals surface area contributed by atoms with Crippen molar-refractivity contribution in [2.45, 2.75) is 25.3 Å². The fraction of sp³-hybridized carbons (Fsp3) is 0.357. The van der Waals surface area contributed by atoms with Crippen LogP contribution in [0.5, 0.6) is 0 Å². The average molecular weight is 303 g/mol. The number of thiazole rings is 1. The van der Waals surface area contributed by atoms with Crippen molar-refractivity contribution in [2.24, 2.45) is 0 Å². The number of nitrogen functional groups attached to an aromatic ring is 1. The zero-order chi connectivity index (χ0) is 14.7. The Morgan fingerprint density at radius 1 is 1.48 bits per heavy atom. The first-order valence-corrected chi connectivity index (χ1v) is 7.74. The molecule has 0 spiro atoms. The molecule has 1 amide bonds. The van der Waals surface area contributed by atoms with Crippen LogP contribution in [-0.2, 0) is 6.42 Å². The van der Waals surface area contributed by atoms with Crippen molar-refractivity contribution < 1.29 is 4.79 Å². The number of carbonyl (C=O) groups is 1. The Labute approximate surface area is 126 Å². The first kappa shape index (κ1) is 13.8. The van der Waals surface area contributed by atoms with E-state index in [1.807, 2.05) is 12.1 Å². The number of amides is 1. The van der Waals surface area contributed by atoms with Gasteiger partial charge in [0.1, 0.15) is 10.7 Å². The van der Waals surface area contributed by atoms with E-state index in [0.29, 0.717) is 23.3 Å². The van der Waals surface area contributed by atoms with E-state index in [1.165, 1.54) is 11.3 Å². The van der Waals surface area contributed by atoms with Crippen molar-refractivity contribution in [1.82, 2.24) is 15.3 Å². The number of hydrogen-bond donors (Lipinski definition) is 3. The molecule has 2 aromatic heterocycles. The van der Waals surface area contributed by atoms with Gasteiger partial charge in [0.2, 0.25) is 0 Å². The number of rotatable bonds is 6. The van der Waals surface area contributed by atoms with Crippen LogP contribution >= 0.6 is 11.3 Å². The molecule has 21 heavy (non-hydrogen) atoms. The normalized spacial score (nSPS) is 13.9. The third-order valence-electron chi connectivity index (χ3n) is 3.19. The molecule has 1 aliphatic carbocycles. The van der Waals surface area contributed by atoms with Crippen LogP contribution in [0.2, 0.25) is 0 Å². The van der Waals surface area contributed by atoms with E-state index in [-0.39, 0.29) is 5.91 Å². The van der Waals surface area contributed by atoms with Gasteiger partial charge >= 0.3 is 0 Å². The maximum Gasteiger partial charge on any atom is 0.265 e. The van der Waals surface area contributed by atoms with Crippen LogP contribution in [0.25, 0.3) is 0 Å². The van der Waals surface area contributed by atoms with E-state index < -0.39 is 0 Å². The fourth-order valence-corrected chi connectivity index (χ4v) is 2.78. The monoisotopic (exact) mass is 303 g/mol. The number of pyridine rings is 1. The maximum absolute atomic E-state index is 12.1. The molecule has 0 saturated heterocycles. The van der Waals surface area contributed by atoms with Gasteiger partial charge in [-0.1, -0.05) is 17.4 Å². The molecule has 0 aromatic carbocycles. The van der Waals surface area contributed by atoms with Gasteiger partial charge in [0.15, 0.2) is 5.13 Å². The summed E-state index contributed by atoms with van der Waals surface area (Å²) in [5.74, 6) is 0.125. The number of nitrogens with zero attached hydrogens (tertiary/aromatic N) is 2. The van der Waals surface area contributed by atoms with E-state index in [2.05, 4.69) is 20.6 Å². The van der Waals surface area contributed by atoms with Crippen molar-refractivity contribution in [3.8, 4) is 0 Å². The summed E-state index contributed by atoms with van der Waals surface area (Å²) in [6, 6.07) is 4.36. The molecule has 0 bridgehead atoms. The molecule has 1 saturated carbocycles. The third kappa shape index (κ3) is 3.69. The van der Waals surface area contributed by atoms with Crippen molar-refractivity contribution in [1.29, 1.82) is 0 Å². The standard InChI is InChI=1S/C14H17N5OS/c15-12-11(21-14(19-12)18-10-3-4-10)13(20)17-7-5-9-2-1-6-16-8-9/h1-2,6,8,10H,3-5,7,15H2,(H,17,20)(H,18,19). The maximum atomic E-state index is 12.1. The molecule has 0 unspecified atom stereocenters. The quantitative estimate of drug-likeness (QED) is 0.755. The summed E-state index contributed by atoms with van der Waals surface area (Å²) in [6.45, 7) is 0.549. The summed E-state index contributed by atoms with van der Waals surface area (Å²) >= 11 is 1.31. The van der Waals surface area contributed by atoms with Crippen molar-refractivity contribution in [3.05, 3.63) is 35.0 Å². The zero-order valence-corrected chi connectivity index (χ0v) is 12.3. The minimum Gasteiger partial charge on any atom is -0.382 e. The smallest absolute Gasteiger partial charge is 0.265 e. The van der Waals surface area contributed by atoms with E-state index in [4.69, 9.17) is 5.73 Å². The van der Waals surface area contributed by atoms with Gasteiger partial charge in [-0.25, -0.2) is 4.98 Å². The molecular formula is C14H17N5OS. The van der Waals surface area contributed by atoms with Gasteiger partial charge in [-0.2, -0.15) is 0 Å². The minimum absolute atomic E-state index is 0.169. The Bertz CT molecular complexity index is 624. The molecule has 3 rings (SSSR count). The van der Waals surface area contributed by atoms with Gasteiger partial charge in [0.25, 0.3) is 5.91 Å². The second-order valence-corrected chi connectivity index (χ2v) is 6.02. The summed E-state index contributed by atoms with van der Waals surface area (Å²) in [5.41, 5.74) is 6.90. The molecule has 110 valence electrons. The summed E-state index contributed by atoms with van der Waals surface area (Å²) in [7, 11) is 0. The Morgan fingerprint density at radius 3 is 3.05 bits per heavy atom. The SMILES string of the molecule is Nc1nc(NC2CC2)sc1C(=O)NCCc1cccnc1.